The van der Waals surface area contributed by atoms with Crippen molar-refractivity contribution in [2.75, 3.05) is 12.8 Å². The number of nitrogens with one attached hydrogen (secondary N) is 2. The lowest BCUT2D eigenvalue weighted by Crippen LogP contribution is -2.36. The fraction of sp³-hybridized carbons (Fsp3) is 0.529. The topological polar surface area (TPSA) is 128 Å². The first-order chi connectivity index (χ1) is 13.4. The van der Waals surface area contributed by atoms with Gasteiger partial charge in [0.15, 0.2) is 5.82 Å². The minimum atomic E-state index is -3.30. The van der Waals surface area contributed by atoms with Crippen LogP contribution in [0.3, 0.4) is 0 Å². The van der Waals surface area contributed by atoms with Gasteiger partial charge in [-0.05, 0) is 43.7 Å². The first kappa shape index (κ1) is 23.0. The largest absolute Gasteiger partial charge is 0.444 e. The normalized spacial score (nSPS) is 13.1. The highest BCUT2D eigenvalue weighted by atomic mass is 35.5. The zero-order chi connectivity index (χ0) is 21.7. The van der Waals surface area contributed by atoms with Crippen LogP contribution in [0.2, 0.25) is 5.02 Å². The smallest absolute Gasteiger partial charge is 0.408 e. The number of alkyl carbamates (subject to hydrolysis) is 1. The van der Waals surface area contributed by atoms with Gasteiger partial charge in [0, 0.05) is 18.0 Å². The summed E-state index contributed by atoms with van der Waals surface area (Å²) in [5, 5.41) is 15.5. The molecule has 1 heterocycles. The Balaban J connectivity index is 2.13. The zero-order valence-corrected chi connectivity index (χ0v) is 18.3. The maximum atomic E-state index is 12.3. The number of nitrogens with zero attached hydrogens (tertiary/aromatic N) is 4. The molecule has 1 aromatic heterocycles. The molecule has 160 valence electrons. The van der Waals surface area contributed by atoms with E-state index in [9.17, 15) is 13.2 Å². The molecule has 0 saturated heterocycles. The number of tetrazole rings is 1. The van der Waals surface area contributed by atoms with E-state index in [1.165, 1.54) is 4.80 Å². The molecule has 0 aliphatic carbocycles. The highest BCUT2D eigenvalue weighted by molar-refractivity contribution is 7.88. The summed E-state index contributed by atoms with van der Waals surface area (Å²) in [5.74, 6) is 0.283. The van der Waals surface area contributed by atoms with Gasteiger partial charge in [0.1, 0.15) is 11.6 Å². The number of amides is 1. The summed E-state index contributed by atoms with van der Waals surface area (Å²) < 4.78 is 30.0. The second-order valence-corrected chi connectivity index (χ2v) is 9.71. The van der Waals surface area contributed by atoms with Crippen LogP contribution in [0.15, 0.2) is 24.3 Å². The summed E-state index contributed by atoms with van der Waals surface area (Å²) in [6, 6.07) is 6.59. The molecule has 1 atom stereocenters. The zero-order valence-electron chi connectivity index (χ0n) is 16.7. The lowest BCUT2D eigenvalue weighted by atomic mass is 10.1. The number of aromatic nitrogens is 4. The second-order valence-electron chi connectivity index (χ2n) is 7.44. The Hall–Kier alpha value is -2.24. The number of ether oxygens (including phenoxy) is 1. The predicted molar refractivity (Wildman–Crippen MR) is 108 cm³/mol. The fourth-order valence-electron chi connectivity index (χ4n) is 2.33. The van der Waals surface area contributed by atoms with E-state index in [1.54, 1.807) is 32.9 Å². The van der Waals surface area contributed by atoms with Gasteiger partial charge in [-0.2, -0.15) is 4.80 Å². The molecule has 12 heteroatoms. The van der Waals surface area contributed by atoms with E-state index in [4.69, 9.17) is 16.3 Å². The van der Waals surface area contributed by atoms with Crippen molar-refractivity contribution < 1.29 is 17.9 Å². The molecule has 2 rings (SSSR count). The van der Waals surface area contributed by atoms with Crippen LogP contribution in [0.25, 0.3) is 0 Å². The van der Waals surface area contributed by atoms with Gasteiger partial charge in [0.2, 0.25) is 10.0 Å². The quantitative estimate of drug-likeness (QED) is 0.633. The molecule has 0 saturated carbocycles. The summed E-state index contributed by atoms with van der Waals surface area (Å²) in [6.07, 6.45) is 0.857. The lowest BCUT2D eigenvalue weighted by molar-refractivity contribution is 0.0501. The van der Waals surface area contributed by atoms with Gasteiger partial charge in [-0.3, -0.25) is 0 Å². The molecule has 0 unspecified atom stereocenters. The van der Waals surface area contributed by atoms with Gasteiger partial charge in [-0.15, -0.1) is 10.2 Å². The number of sulfonamides is 1. The van der Waals surface area contributed by atoms with Crippen LogP contribution in [-0.2, 0) is 27.7 Å². The standard InChI is InChI=1S/C17H25ClN6O4S/c1-17(2,3)28-16(25)20-14(11-12-5-7-13(18)8-6-12)15-21-23-24(22-15)10-9-19-29(4,26)27/h5-8,14,19H,9-11H2,1-4H3,(H,20,25)/t14-/m0/s1. The van der Waals surface area contributed by atoms with Crippen molar-refractivity contribution in [3.63, 3.8) is 0 Å². The van der Waals surface area contributed by atoms with E-state index in [0.29, 0.717) is 11.4 Å². The highest BCUT2D eigenvalue weighted by Gasteiger charge is 2.24. The summed E-state index contributed by atoms with van der Waals surface area (Å²) in [6.45, 7) is 5.62. The molecule has 0 bridgehead atoms. The van der Waals surface area contributed by atoms with E-state index in [2.05, 4.69) is 25.4 Å². The molecule has 0 spiro atoms. The number of hydrogen-bond acceptors (Lipinski definition) is 7. The summed E-state index contributed by atoms with van der Waals surface area (Å²) >= 11 is 5.93. The Morgan fingerprint density at radius 3 is 2.52 bits per heavy atom. The number of carbonyl (C=O) groups is 1. The average Bonchev–Trinajstić information content (AvgIpc) is 3.02. The molecule has 0 aliphatic rings. The van der Waals surface area contributed by atoms with Gasteiger partial charge < -0.3 is 10.1 Å². The van der Waals surface area contributed by atoms with Crippen LogP contribution >= 0.6 is 11.6 Å². The molecule has 0 aliphatic heterocycles. The van der Waals surface area contributed by atoms with Gasteiger partial charge in [-0.1, -0.05) is 23.7 Å². The third-order valence-corrected chi connectivity index (χ3v) is 4.48. The van der Waals surface area contributed by atoms with Crippen LogP contribution in [0.1, 0.15) is 38.2 Å². The Bertz CT molecular complexity index is 924. The summed E-state index contributed by atoms with van der Waals surface area (Å²) in [4.78, 5) is 13.5. The number of rotatable bonds is 8. The van der Waals surface area contributed by atoms with Crippen LogP contribution < -0.4 is 10.0 Å². The van der Waals surface area contributed by atoms with Crippen molar-refractivity contribution in [3.05, 3.63) is 40.7 Å². The van der Waals surface area contributed by atoms with Crippen LogP contribution in [0.4, 0.5) is 4.79 Å². The van der Waals surface area contributed by atoms with Crippen LogP contribution in [0, 0.1) is 0 Å². The van der Waals surface area contributed by atoms with Gasteiger partial charge in [-0.25, -0.2) is 17.9 Å². The molecule has 29 heavy (non-hydrogen) atoms. The minimum Gasteiger partial charge on any atom is -0.444 e. The van der Waals surface area contributed by atoms with E-state index in [-0.39, 0.29) is 18.9 Å². The van der Waals surface area contributed by atoms with Crippen LogP contribution in [-0.4, -0.2) is 53.1 Å². The molecule has 2 N–H and O–H groups in total. The molecular formula is C17H25ClN6O4S. The third-order valence-electron chi connectivity index (χ3n) is 3.50. The number of benzene rings is 1. The maximum Gasteiger partial charge on any atom is 0.408 e. The van der Waals surface area contributed by atoms with Gasteiger partial charge in [0.25, 0.3) is 0 Å². The van der Waals surface area contributed by atoms with E-state index >= 15 is 0 Å². The molecule has 0 radical (unpaired) electrons. The molecule has 2 aromatic rings. The second kappa shape index (κ2) is 9.51. The van der Waals surface area contributed by atoms with Crippen molar-refractivity contribution in [1.29, 1.82) is 0 Å². The van der Waals surface area contributed by atoms with Crippen molar-refractivity contribution in [2.24, 2.45) is 0 Å². The first-order valence-corrected chi connectivity index (χ1v) is 11.1. The van der Waals surface area contributed by atoms with Crippen molar-refractivity contribution in [1.82, 2.24) is 30.2 Å². The van der Waals surface area contributed by atoms with Crippen molar-refractivity contribution in [3.8, 4) is 0 Å². The Labute approximate surface area is 175 Å². The fourth-order valence-corrected chi connectivity index (χ4v) is 2.92. The Morgan fingerprint density at radius 2 is 1.93 bits per heavy atom. The van der Waals surface area contributed by atoms with Gasteiger partial charge >= 0.3 is 6.09 Å². The molecule has 1 amide bonds. The molecule has 0 fully saturated rings. The summed E-state index contributed by atoms with van der Waals surface area (Å²) in [7, 11) is -3.30. The Morgan fingerprint density at radius 1 is 1.28 bits per heavy atom. The molecule has 1 aromatic carbocycles. The lowest BCUT2D eigenvalue weighted by Gasteiger charge is -2.22. The van der Waals surface area contributed by atoms with E-state index < -0.39 is 27.8 Å². The molecule has 10 nitrogen and oxygen atoms in total. The Kier molecular flexibility index (Phi) is 7.55. The number of halogens is 1. The third kappa shape index (κ3) is 8.75. The van der Waals surface area contributed by atoms with Crippen molar-refractivity contribution in [2.45, 2.75) is 45.4 Å². The van der Waals surface area contributed by atoms with E-state index in [0.717, 1.165) is 11.8 Å². The monoisotopic (exact) mass is 444 g/mol. The first-order valence-electron chi connectivity index (χ1n) is 8.87. The number of hydrogen-bond donors (Lipinski definition) is 2. The summed E-state index contributed by atoms with van der Waals surface area (Å²) in [5.41, 5.74) is 0.252. The maximum absolute atomic E-state index is 12.3. The van der Waals surface area contributed by atoms with Crippen LogP contribution in [0.5, 0.6) is 0 Å². The molecular weight excluding hydrogens is 420 g/mol. The number of carbonyl (C=O) groups excluding carboxylic acids is 1. The van der Waals surface area contributed by atoms with Crippen molar-refractivity contribution >= 4 is 27.7 Å². The minimum absolute atomic E-state index is 0.121. The SMILES string of the molecule is CC(C)(C)OC(=O)N[C@@H](Cc1ccc(Cl)cc1)c1nnn(CCNS(C)(=O)=O)n1. The van der Waals surface area contributed by atoms with E-state index in [1.807, 2.05) is 12.1 Å². The van der Waals surface area contributed by atoms with Gasteiger partial charge in [0.05, 0.1) is 12.8 Å². The predicted octanol–water partition coefficient (Wildman–Crippen LogP) is 1.68. The average molecular weight is 445 g/mol. The highest BCUT2D eigenvalue weighted by Crippen LogP contribution is 2.18.